The zero-order valence-corrected chi connectivity index (χ0v) is 10.6. The Labute approximate surface area is 103 Å². The molecular weight excluding hydrogens is 214 g/mol. The monoisotopic (exact) mass is 235 g/mol. The predicted octanol–water partition coefficient (Wildman–Crippen LogP) is 1.17. The van der Waals surface area contributed by atoms with Crippen LogP contribution in [0.5, 0.6) is 0 Å². The smallest absolute Gasteiger partial charge is 0.0733 e. The van der Waals surface area contributed by atoms with Gasteiger partial charge in [-0.2, -0.15) is 0 Å². The number of nitrogen functional groups attached to an aromatic ring is 1. The number of methoxy groups -OCH3 is 1. The maximum atomic E-state index is 5.92. The Balaban J connectivity index is 2.12. The summed E-state index contributed by atoms with van der Waals surface area (Å²) in [6.07, 6.45) is 0. The summed E-state index contributed by atoms with van der Waals surface area (Å²) in [5.74, 6) is 0. The van der Waals surface area contributed by atoms with Crippen molar-refractivity contribution in [1.29, 1.82) is 0 Å². The van der Waals surface area contributed by atoms with E-state index in [9.17, 15) is 0 Å². The first kappa shape index (κ1) is 12.2. The number of hydrogen-bond donors (Lipinski definition) is 1. The maximum absolute atomic E-state index is 5.92. The average Bonchev–Trinajstić information content (AvgIpc) is 2.33. The van der Waals surface area contributed by atoms with Crippen LogP contribution in [-0.4, -0.2) is 45.2 Å². The molecule has 2 rings (SSSR count). The first-order chi connectivity index (χ1) is 8.20. The molecule has 0 amide bonds. The van der Waals surface area contributed by atoms with Gasteiger partial charge in [0.15, 0.2) is 0 Å². The molecule has 0 bridgehead atoms. The summed E-state index contributed by atoms with van der Waals surface area (Å²) in [4.78, 5) is 4.75. The summed E-state index contributed by atoms with van der Waals surface area (Å²) < 4.78 is 5.16. The molecule has 0 aromatic heterocycles. The molecule has 1 fully saturated rings. The maximum Gasteiger partial charge on any atom is 0.0733 e. The van der Waals surface area contributed by atoms with Crippen molar-refractivity contribution in [3.8, 4) is 0 Å². The molecule has 4 heteroatoms. The Morgan fingerprint density at radius 2 is 1.94 bits per heavy atom. The quantitative estimate of drug-likeness (QED) is 0.799. The Morgan fingerprint density at radius 3 is 2.59 bits per heavy atom. The molecule has 0 atom stereocenters. The molecule has 0 saturated carbocycles. The number of likely N-dealkylation sites (N-methyl/N-ethyl adjacent to an activating group) is 1. The van der Waals surface area contributed by atoms with Gasteiger partial charge in [0.1, 0.15) is 0 Å². The number of anilines is 2. The van der Waals surface area contributed by atoms with Crippen LogP contribution in [0.3, 0.4) is 0 Å². The van der Waals surface area contributed by atoms with Gasteiger partial charge in [0.25, 0.3) is 0 Å². The van der Waals surface area contributed by atoms with Crippen molar-refractivity contribution in [2.45, 2.75) is 6.61 Å². The summed E-state index contributed by atoms with van der Waals surface area (Å²) in [7, 11) is 3.86. The third-order valence-electron chi connectivity index (χ3n) is 3.29. The van der Waals surface area contributed by atoms with E-state index in [2.05, 4.69) is 29.0 Å². The minimum Gasteiger partial charge on any atom is -0.398 e. The van der Waals surface area contributed by atoms with Gasteiger partial charge >= 0.3 is 0 Å². The minimum absolute atomic E-state index is 0.577. The van der Waals surface area contributed by atoms with E-state index in [0.29, 0.717) is 6.61 Å². The fourth-order valence-electron chi connectivity index (χ4n) is 2.13. The van der Waals surface area contributed by atoms with Crippen LogP contribution in [0.15, 0.2) is 18.2 Å². The van der Waals surface area contributed by atoms with Gasteiger partial charge in [-0.1, -0.05) is 0 Å². The first-order valence-electron chi connectivity index (χ1n) is 6.01. The Bertz CT molecular complexity index is 373. The second-order valence-electron chi connectivity index (χ2n) is 4.61. The van der Waals surface area contributed by atoms with E-state index in [1.807, 2.05) is 6.07 Å². The van der Waals surface area contributed by atoms with E-state index >= 15 is 0 Å². The highest BCUT2D eigenvalue weighted by Crippen LogP contribution is 2.22. The van der Waals surface area contributed by atoms with Crippen molar-refractivity contribution in [1.82, 2.24) is 4.90 Å². The van der Waals surface area contributed by atoms with E-state index in [1.54, 1.807) is 7.11 Å². The summed E-state index contributed by atoms with van der Waals surface area (Å²) in [5, 5.41) is 0. The van der Waals surface area contributed by atoms with E-state index in [1.165, 1.54) is 5.69 Å². The molecule has 1 aliphatic rings. The molecule has 0 spiro atoms. The third-order valence-corrected chi connectivity index (χ3v) is 3.29. The molecule has 0 unspecified atom stereocenters. The fourth-order valence-corrected chi connectivity index (χ4v) is 2.13. The van der Waals surface area contributed by atoms with Crippen LogP contribution in [0.4, 0.5) is 11.4 Å². The summed E-state index contributed by atoms with van der Waals surface area (Å²) in [6, 6.07) is 6.21. The van der Waals surface area contributed by atoms with E-state index in [0.717, 1.165) is 37.4 Å². The van der Waals surface area contributed by atoms with Crippen LogP contribution in [0.25, 0.3) is 0 Å². The Kier molecular flexibility index (Phi) is 3.86. The van der Waals surface area contributed by atoms with E-state index < -0.39 is 0 Å². The van der Waals surface area contributed by atoms with Crippen molar-refractivity contribution in [2.24, 2.45) is 0 Å². The molecule has 1 aliphatic heterocycles. The van der Waals surface area contributed by atoms with Gasteiger partial charge in [0.05, 0.1) is 6.61 Å². The number of rotatable bonds is 3. The van der Waals surface area contributed by atoms with Gasteiger partial charge in [-0.3, -0.25) is 0 Å². The van der Waals surface area contributed by atoms with Gasteiger partial charge in [0, 0.05) is 50.2 Å². The molecule has 1 saturated heterocycles. The number of piperazine rings is 1. The molecule has 0 radical (unpaired) electrons. The average molecular weight is 235 g/mol. The first-order valence-corrected chi connectivity index (χ1v) is 6.01. The lowest BCUT2D eigenvalue weighted by Crippen LogP contribution is -2.44. The second kappa shape index (κ2) is 5.38. The van der Waals surface area contributed by atoms with E-state index in [4.69, 9.17) is 10.5 Å². The van der Waals surface area contributed by atoms with Crippen LogP contribution in [0.2, 0.25) is 0 Å². The lowest BCUT2D eigenvalue weighted by Gasteiger charge is -2.34. The number of nitrogens with zero attached hydrogens (tertiary/aromatic N) is 2. The molecule has 17 heavy (non-hydrogen) atoms. The normalized spacial score (nSPS) is 17.4. The molecule has 4 nitrogen and oxygen atoms in total. The molecule has 0 aliphatic carbocycles. The van der Waals surface area contributed by atoms with Crippen molar-refractivity contribution < 1.29 is 4.74 Å². The molecule has 1 heterocycles. The second-order valence-corrected chi connectivity index (χ2v) is 4.61. The van der Waals surface area contributed by atoms with Crippen LogP contribution < -0.4 is 10.6 Å². The van der Waals surface area contributed by atoms with Crippen molar-refractivity contribution in [3.63, 3.8) is 0 Å². The molecule has 2 N–H and O–H groups in total. The lowest BCUT2D eigenvalue weighted by atomic mass is 10.1. The highest BCUT2D eigenvalue weighted by molar-refractivity contribution is 5.58. The number of ether oxygens (including phenoxy) is 1. The molecular formula is C13H21N3O. The predicted molar refractivity (Wildman–Crippen MR) is 71.3 cm³/mol. The summed E-state index contributed by atoms with van der Waals surface area (Å²) in [6.45, 7) is 4.96. The van der Waals surface area contributed by atoms with Gasteiger partial charge in [-0.05, 0) is 25.2 Å². The standard InChI is InChI=1S/C13H21N3O/c1-15-5-7-16(8-6-15)12-3-4-13(14)11(9-12)10-17-2/h3-4,9H,5-8,10,14H2,1-2H3. The largest absolute Gasteiger partial charge is 0.398 e. The lowest BCUT2D eigenvalue weighted by molar-refractivity contribution is 0.185. The Hall–Kier alpha value is -1.26. The SMILES string of the molecule is COCc1cc(N2CCN(C)CC2)ccc1N. The zero-order valence-electron chi connectivity index (χ0n) is 10.6. The van der Waals surface area contributed by atoms with Gasteiger partial charge in [-0.15, -0.1) is 0 Å². The number of hydrogen-bond acceptors (Lipinski definition) is 4. The summed E-state index contributed by atoms with van der Waals surface area (Å²) in [5.41, 5.74) is 9.05. The minimum atomic E-state index is 0.577. The van der Waals surface area contributed by atoms with E-state index in [-0.39, 0.29) is 0 Å². The zero-order chi connectivity index (χ0) is 12.3. The highest BCUT2D eigenvalue weighted by Gasteiger charge is 2.14. The van der Waals surface area contributed by atoms with Crippen LogP contribution >= 0.6 is 0 Å². The molecule has 1 aromatic carbocycles. The molecule has 94 valence electrons. The van der Waals surface area contributed by atoms with Crippen LogP contribution in [0, 0.1) is 0 Å². The van der Waals surface area contributed by atoms with Crippen molar-refractivity contribution in [3.05, 3.63) is 23.8 Å². The summed E-state index contributed by atoms with van der Waals surface area (Å²) >= 11 is 0. The highest BCUT2D eigenvalue weighted by atomic mass is 16.5. The molecule has 1 aromatic rings. The fraction of sp³-hybridized carbons (Fsp3) is 0.538. The van der Waals surface area contributed by atoms with Gasteiger partial charge < -0.3 is 20.3 Å². The number of benzene rings is 1. The van der Waals surface area contributed by atoms with Gasteiger partial charge in [0.2, 0.25) is 0 Å². The third kappa shape index (κ3) is 2.90. The topological polar surface area (TPSA) is 41.7 Å². The van der Waals surface area contributed by atoms with Crippen molar-refractivity contribution >= 4 is 11.4 Å². The number of nitrogens with two attached hydrogens (primary N) is 1. The van der Waals surface area contributed by atoms with Crippen molar-refractivity contribution in [2.75, 3.05) is 51.0 Å². The Morgan fingerprint density at radius 1 is 1.24 bits per heavy atom. The van der Waals surface area contributed by atoms with Gasteiger partial charge in [-0.25, -0.2) is 0 Å². The van der Waals surface area contributed by atoms with Crippen LogP contribution in [-0.2, 0) is 11.3 Å². The van der Waals surface area contributed by atoms with Crippen LogP contribution in [0.1, 0.15) is 5.56 Å².